The quantitative estimate of drug-likeness (QED) is 0.576. The van der Waals surface area contributed by atoms with E-state index in [-0.39, 0.29) is 11.8 Å². The molecule has 8 heteroatoms. The third kappa shape index (κ3) is 5.75. The fourth-order valence-electron chi connectivity index (χ4n) is 3.56. The lowest BCUT2D eigenvalue weighted by molar-refractivity contribution is -0.128. The number of rotatable bonds is 9. The molecule has 4 rings (SSSR count). The monoisotopic (exact) mass is 418 g/mol. The number of nitrogens with one attached hydrogen (secondary N) is 1. The third-order valence-corrected chi connectivity index (χ3v) is 5.30. The summed E-state index contributed by atoms with van der Waals surface area (Å²) >= 11 is 0. The molecular formula is C23H26N6O2. The van der Waals surface area contributed by atoms with E-state index >= 15 is 0 Å². The Balaban J connectivity index is 1.17. The molecule has 0 aliphatic carbocycles. The van der Waals surface area contributed by atoms with Crippen molar-refractivity contribution in [3.63, 3.8) is 0 Å². The lowest BCUT2D eigenvalue weighted by Gasteiger charge is -2.15. The summed E-state index contributed by atoms with van der Waals surface area (Å²) in [5.74, 6) is 0.812. The number of carbonyl (C=O) groups is 2. The molecule has 1 saturated heterocycles. The second-order valence-corrected chi connectivity index (χ2v) is 7.69. The molecule has 1 aliphatic heterocycles. The molecule has 0 spiro atoms. The Morgan fingerprint density at radius 1 is 1.03 bits per heavy atom. The van der Waals surface area contributed by atoms with Gasteiger partial charge in [0.15, 0.2) is 0 Å². The van der Waals surface area contributed by atoms with E-state index in [0.29, 0.717) is 44.7 Å². The van der Waals surface area contributed by atoms with Crippen LogP contribution in [0.2, 0.25) is 0 Å². The molecule has 1 N–H and O–H groups in total. The van der Waals surface area contributed by atoms with Crippen LogP contribution in [0.5, 0.6) is 0 Å². The number of nitrogens with zero attached hydrogens (tertiary/aromatic N) is 5. The minimum Gasteiger partial charge on any atom is -0.352 e. The van der Waals surface area contributed by atoms with Crippen LogP contribution in [-0.2, 0) is 29.2 Å². The van der Waals surface area contributed by atoms with Gasteiger partial charge in [-0.3, -0.25) is 9.59 Å². The first-order valence-electron chi connectivity index (χ1n) is 10.6. The van der Waals surface area contributed by atoms with Crippen molar-refractivity contribution < 1.29 is 9.59 Å². The minimum atomic E-state index is -0.00450. The SMILES string of the molecule is O=C(CCCn1nnc(-c2ccccc2)n1)NCc1ccc(CN2CCCC2=O)cc1. The maximum Gasteiger partial charge on any atom is 0.222 e. The lowest BCUT2D eigenvalue weighted by atomic mass is 10.1. The van der Waals surface area contributed by atoms with Crippen molar-refractivity contribution in [1.82, 2.24) is 30.4 Å². The van der Waals surface area contributed by atoms with Gasteiger partial charge in [0.05, 0.1) is 6.54 Å². The van der Waals surface area contributed by atoms with Gasteiger partial charge in [-0.2, -0.15) is 4.80 Å². The second kappa shape index (κ2) is 9.97. The van der Waals surface area contributed by atoms with E-state index in [1.165, 1.54) is 4.80 Å². The van der Waals surface area contributed by atoms with E-state index in [2.05, 4.69) is 20.7 Å². The van der Waals surface area contributed by atoms with E-state index in [0.717, 1.165) is 29.7 Å². The first kappa shape index (κ1) is 20.7. The van der Waals surface area contributed by atoms with Crippen molar-refractivity contribution >= 4 is 11.8 Å². The van der Waals surface area contributed by atoms with Crippen molar-refractivity contribution in [3.8, 4) is 11.4 Å². The normalized spacial score (nSPS) is 13.5. The molecule has 1 aromatic heterocycles. The number of likely N-dealkylation sites (tertiary alicyclic amines) is 1. The van der Waals surface area contributed by atoms with Crippen LogP contribution in [0.4, 0.5) is 0 Å². The maximum atomic E-state index is 12.1. The van der Waals surface area contributed by atoms with E-state index in [1.807, 2.05) is 59.5 Å². The zero-order valence-corrected chi connectivity index (χ0v) is 17.4. The summed E-state index contributed by atoms with van der Waals surface area (Å²) in [6, 6.07) is 17.7. The summed E-state index contributed by atoms with van der Waals surface area (Å²) < 4.78 is 0. The van der Waals surface area contributed by atoms with E-state index in [9.17, 15) is 9.59 Å². The Morgan fingerprint density at radius 2 is 1.81 bits per heavy atom. The Hall–Kier alpha value is -3.55. The highest BCUT2D eigenvalue weighted by Gasteiger charge is 2.19. The summed E-state index contributed by atoms with van der Waals surface area (Å²) in [6.07, 6.45) is 2.64. The molecule has 2 aromatic carbocycles. The number of aryl methyl sites for hydroxylation is 1. The van der Waals surface area contributed by atoms with Gasteiger partial charge in [0.1, 0.15) is 0 Å². The van der Waals surface area contributed by atoms with Gasteiger partial charge in [-0.15, -0.1) is 10.2 Å². The van der Waals surface area contributed by atoms with Crippen LogP contribution in [0.3, 0.4) is 0 Å². The third-order valence-electron chi connectivity index (χ3n) is 5.30. The van der Waals surface area contributed by atoms with Gasteiger partial charge in [-0.1, -0.05) is 54.6 Å². The van der Waals surface area contributed by atoms with Gasteiger partial charge >= 0.3 is 0 Å². The fraction of sp³-hybridized carbons (Fsp3) is 0.348. The highest BCUT2D eigenvalue weighted by Crippen LogP contribution is 2.15. The minimum absolute atomic E-state index is 0.00450. The first-order valence-corrected chi connectivity index (χ1v) is 10.6. The molecule has 0 bridgehead atoms. The van der Waals surface area contributed by atoms with E-state index in [4.69, 9.17) is 0 Å². The predicted octanol–water partition coefficient (Wildman–Crippen LogP) is 2.56. The summed E-state index contributed by atoms with van der Waals surface area (Å²) in [5.41, 5.74) is 3.07. The molecule has 160 valence electrons. The molecule has 0 atom stereocenters. The predicted molar refractivity (Wildman–Crippen MR) is 115 cm³/mol. The van der Waals surface area contributed by atoms with E-state index in [1.54, 1.807) is 0 Å². The molecule has 2 heterocycles. The molecule has 8 nitrogen and oxygen atoms in total. The van der Waals surface area contributed by atoms with Gasteiger partial charge in [0.2, 0.25) is 17.6 Å². The first-order chi connectivity index (χ1) is 15.2. The number of amides is 2. The highest BCUT2D eigenvalue weighted by molar-refractivity contribution is 5.78. The second-order valence-electron chi connectivity index (χ2n) is 7.69. The molecule has 1 fully saturated rings. The van der Waals surface area contributed by atoms with Crippen molar-refractivity contribution in [2.75, 3.05) is 6.54 Å². The maximum absolute atomic E-state index is 12.1. The Morgan fingerprint density at radius 3 is 2.55 bits per heavy atom. The van der Waals surface area contributed by atoms with Gasteiger partial charge in [0.25, 0.3) is 0 Å². The number of hydrogen-bond acceptors (Lipinski definition) is 5. The van der Waals surface area contributed by atoms with E-state index < -0.39 is 0 Å². The van der Waals surface area contributed by atoms with Gasteiger partial charge in [-0.05, 0) is 29.2 Å². The average Bonchev–Trinajstić information content (AvgIpc) is 3.43. The van der Waals surface area contributed by atoms with Crippen molar-refractivity contribution in [2.24, 2.45) is 0 Å². The van der Waals surface area contributed by atoms with Crippen LogP contribution in [0, 0.1) is 0 Å². The van der Waals surface area contributed by atoms with Crippen molar-refractivity contribution in [2.45, 2.75) is 45.3 Å². The van der Waals surface area contributed by atoms with Crippen LogP contribution >= 0.6 is 0 Å². The van der Waals surface area contributed by atoms with Gasteiger partial charge < -0.3 is 10.2 Å². The number of benzene rings is 2. The molecule has 31 heavy (non-hydrogen) atoms. The summed E-state index contributed by atoms with van der Waals surface area (Å²) in [4.78, 5) is 27.3. The van der Waals surface area contributed by atoms with Crippen LogP contribution in [0.15, 0.2) is 54.6 Å². The highest BCUT2D eigenvalue weighted by atomic mass is 16.2. The molecule has 2 amide bonds. The summed E-state index contributed by atoms with van der Waals surface area (Å²) in [5, 5.41) is 15.4. The largest absolute Gasteiger partial charge is 0.352 e. The number of tetrazole rings is 1. The molecule has 0 saturated carbocycles. The number of hydrogen-bond donors (Lipinski definition) is 1. The Labute approximate surface area is 181 Å². The summed E-state index contributed by atoms with van der Waals surface area (Å²) in [7, 11) is 0. The van der Waals surface area contributed by atoms with Crippen LogP contribution in [0.25, 0.3) is 11.4 Å². The Kier molecular flexibility index (Phi) is 6.66. The van der Waals surface area contributed by atoms with Crippen molar-refractivity contribution in [3.05, 3.63) is 65.7 Å². The summed E-state index contributed by atoms with van der Waals surface area (Å²) in [6.45, 7) is 2.53. The zero-order valence-electron chi connectivity index (χ0n) is 17.4. The topological polar surface area (TPSA) is 93.0 Å². The molecule has 1 aliphatic rings. The molecule has 3 aromatic rings. The average molecular weight is 419 g/mol. The lowest BCUT2D eigenvalue weighted by Crippen LogP contribution is -2.24. The molecular weight excluding hydrogens is 392 g/mol. The Bertz CT molecular complexity index is 1020. The van der Waals surface area contributed by atoms with Gasteiger partial charge in [-0.25, -0.2) is 0 Å². The smallest absolute Gasteiger partial charge is 0.222 e. The molecule has 0 unspecified atom stereocenters. The fourth-order valence-corrected chi connectivity index (χ4v) is 3.56. The van der Waals surface area contributed by atoms with Crippen LogP contribution in [-0.4, -0.2) is 43.5 Å². The molecule has 0 radical (unpaired) electrons. The number of carbonyl (C=O) groups excluding carboxylic acids is 2. The number of aromatic nitrogens is 4. The standard InChI is InChI=1S/C23H26N6O2/c30-21(8-4-15-29-26-23(25-27-29)20-6-2-1-3-7-20)24-16-18-10-12-19(13-11-18)17-28-14-5-9-22(28)31/h1-3,6-7,10-13H,4-5,8-9,14-17H2,(H,24,30). The van der Waals surface area contributed by atoms with Gasteiger partial charge in [0, 0.05) is 38.0 Å². The van der Waals surface area contributed by atoms with Crippen molar-refractivity contribution in [1.29, 1.82) is 0 Å². The zero-order chi connectivity index (χ0) is 21.5. The van der Waals surface area contributed by atoms with Crippen LogP contribution < -0.4 is 5.32 Å². The van der Waals surface area contributed by atoms with Crippen LogP contribution in [0.1, 0.15) is 36.8 Å².